The zero-order valence-electron chi connectivity index (χ0n) is 10.7. The molecule has 4 nitrogen and oxygen atoms in total. The molecule has 0 saturated carbocycles. The van der Waals surface area contributed by atoms with Gasteiger partial charge >= 0.3 is 5.69 Å². The van der Waals surface area contributed by atoms with Crippen LogP contribution in [0.1, 0.15) is 0 Å². The minimum Gasteiger partial charge on any atom is -0.383 e. The van der Waals surface area contributed by atoms with Crippen molar-refractivity contribution >= 4 is 5.82 Å². The number of nitrogens with two attached hydrogens (primary N) is 1. The van der Waals surface area contributed by atoms with E-state index in [1.165, 1.54) is 4.57 Å². The first-order valence-electron chi connectivity index (χ1n) is 6.26. The Hall–Kier alpha value is -2.88. The summed E-state index contributed by atoms with van der Waals surface area (Å²) in [5, 5.41) is 0. The maximum atomic E-state index is 12.0. The molecule has 3 rings (SSSR count). The Morgan fingerprint density at radius 1 is 0.900 bits per heavy atom. The first-order valence-corrected chi connectivity index (χ1v) is 6.26. The molecule has 0 amide bonds. The number of rotatable bonds is 2. The van der Waals surface area contributed by atoms with Crippen LogP contribution >= 0.6 is 0 Å². The van der Waals surface area contributed by atoms with E-state index in [0.29, 0.717) is 0 Å². The molecule has 0 saturated heterocycles. The van der Waals surface area contributed by atoms with Crippen molar-refractivity contribution in [2.75, 3.05) is 5.73 Å². The molecule has 0 aliphatic carbocycles. The van der Waals surface area contributed by atoms with Crippen molar-refractivity contribution in [1.82, 2.24) is 9.55 Å². The molecule has 0 radical (unpaired) electrons. The van der Waals surface area contributed by atoms with Crippen LogP contribution in [0.5, 0.6) is 0 Å². The zero-order chi connectivity index (χ0) is 13.9. The summed E-state index contributed by atoms with van der Waals surface area (Å²) in [5.74, 6) is 0.225. The zero-order valence-corrected chi connectivity index (χ0v) is 10.7. The van der Waals surface area contributed by atoms with Crippen molar-refractivity contribution in [3.63, 3.8) is 0 Å². The van der Waals surface area contributed by atoms with Gasteiger partial charge in [-0.1, -0.05) is 48.5 Å². The van der Waals surface area contributed by atoms with Crippen molar-refractivity contribution in [3.05, 3.63) is 77.3 Å². The fourth-order valence-corrected chi connectivity index (χ4v) is 2.15. The van der Waals surface area contributed by atoms with Gasteiger partial charge < -0.3 is 5.73 Å². The minimum absolute atomic E-state index is 0.225. The molecule has 0 aliphatic rings. The molecule has 0 atom stereocenters. The monoisotopic (exact) mass is 263 g/mol. The molecule has 0 bridgehead atoms. The SMILES string of the molecule is Nc1ccn(-c2ccccc2-c2ccccc2)c(=O)n1. The number of aromatic nitrogens is 2. The predicted molar refractivity (Wildman–Crippen MR) is 79.7 cm³/mol. The lowest BCUT2D eigenvalue weighted by Crippen LogP contribution is -2.22. The van der Waals surface area contributed by atoms with Crippen LogP contribution in [0.15, 0.2) is 71.7 Å². The summed E-state index contributed by atoms with van der Waals surface area (Å²) < 4.78 is 1.50. The molecule has 1 heterocycles. The van der Waals surface area contributed by atoms with Gasteiger partial charge in [-0.05, 0) is 17.7 Å². The van der Waals surface area contributed by atoms with E-state index in [1.54, 1.807) is 12.3 Å². The van der Waals surface area contributed by atoms with Crippen molar-refractivity contribution in [1.29, 1.82) is 0 Å². The number of benzene rings is 2. The fourth-order valence-electron chi connectivity index (χ4n) is 2.15. The summed E-state index contributed by atoms with van der Waals surface area (Å²) in [4.78, 5) is 15.8. The van der Waals surface area contributed by atoms with Gasteiger partial charge in [-0.2, -0.15) is 4.98 Å². The quantitative estimate of drug-likeness (QED) is 0.772. The molecule has 0 fully saturated rings. The van der Waals surface area contributed by atoms with Crippen LogP contribution < -0.4 is 11.4 Å². The van der Waals surface area contributed by atoms with Crippen molar-refractivity contribution < 1.29 is 0 Å². The summed E-state index contributed by atoms with van der Waals surface area (Å²) in [5.41, 5.74) is 7.96. The van der Waals surface area contributed by atoms with Crippen LogP contribution in [-0.4, -0.2) is 9.55 Å². The molecule has 2 N–H and O–H groups in total. The van der Waals surface area contributed by atoms with E-state index in [9.17, 15) is 4.79 Å². The van der Waals surface area contributed by atoms with Gasteiger partial charge in [0, 0.05) is 11.8 Å². The average Bonchev–Trinajstić information content (AvgIpc) is 2.48. The standard InChI is InChI=1S/C16H13N3O/c17-15-10-11-19(16(20)18-15)14-9-5-4-8-13(14)12-6-2-1-3-7-12/h1-11H,(H2,17,18,20). The Bertz CT molecular complexity index is 794. The first-order chi connectivity index (χ1) is 9.75. The summed E-state index contributed by atoms with van der Waals surface area (Å²) in [6.45, 7) is 0. The third kappa shape index (κ3) is 2.19. The van der Waals surface area contributed by atoms with Crippen LogP contribution in [0.3, 0.4) is 0 Å². The largest absolute Gasteiger partial charge is 0.383 e. The Morgan fingerprint density at radius 2 is 1.60 bits per heavy atom. The lowest BCUT2D eigenvalue weighted by molar-refractivity contribution is 0.921. The molecular weight excluding hydrogens is 250 g/mol. The van der Waals surface area contributed by atoms with Gasteiger partial charge in [-0.25, -0.2) is 4.79 Å². The maximum absolute atomic E-state index is 12.0. The number of hydrogen-bond donors (Lipinski definition) is 1. The highest BCUT2D eigenvalue weighted by atomic mass is 16.1. The van der Waals surface area contributed by atoms with Crippen molar-refractivity contribution in [2.45, 2.75) is 0 Å². The molecule has 2 aromatic carbocycles. The average molecular weight is 263 g/mol. The van der Waals surface area contributed by atoms with Crippen LogP contribution in [0.4, 0.5) is 5.82 Å². The second kappa shape index (κ2) is 5.01. The smallest absolute Gasteiger partial charge is 0.354 e. The molecule has 4 heteroatoms. The van der Waals surface area contributed by atoms with Gasteiger partial charge in [-0.3, -0.25) is 4.57 Å². The summed E-state index contributed by atoms with van der Waals surface area (Å²) in [6.07, 6.45) is 1.65. The number of nitrogens with zero attached hydrogens (tertiary/aromatic N) is 2. The Kier molecular flexibility index (Phi) is 3.05. The second-order valence-corrected chi connectivity index (χ2v) is 4.39. The predicted octanol–water partition coefficient (Wildman–Crippen LogP) is 2.48. The number of anilines is 1. The van der Waals surface area contributed by atoms with Gasteiger partial charge in [0.15, 0.2) is 0 Å². The normalized spacial score (nSPS) is 10.4. The highest BCUT2D eigenvalue weighted by Gasteiger charge is 2.08. The van der Waals surface area contributed by atoms with E-state index in [1.807, 2.05) is 54.6 Å². The summed E-state index contributed by atoms with van der Waals surface area (Å²) >= 11 is 0. The topological polar surface area (TPSA) is 60.9 Å². The Balaban J connectivity index is 2.23. The van der Waals surface area contributed by atoms with Gasteiger partial charge in [0.1, 0.15) is 5.82 Å². The van der Waals surface area contributed by atoms with Crippen molar-refractivity contribution in [2.24, 2.45) is 0 Å². The minimum atomic E-state index is -0.381. The molecule has 1 aromatic heterocycles. The molecule has 0 aliphatic heterocycles. The van der Waals surface area contributed by atoms with Gasteiger partial charge in [-0.15, -0.1) is 0 Å². The van der Waals surface area contributed by atoms with Crippen LogP contribution in [0.25, 0.3) is 16.8 Å². The van der Waals surface area contributed by atoms with Crippen LogP contribution in [0, 0.1) is 0 Å². The third-order valence-corrected chi connectivity index (χ3v) is 3.07. The highest BCUT2D eigenvalue weighted by Crippen LogP contribution is 2.25. The van der Waals surface area contributed by atoms with Gasteiger partial charge in [0.25, 0.3) is 0 Å². The molecule has 0 unspecified atom stereocenters. The van der Waals surface area contributed by atoms with E-state index in [4.69, 9.17) is 5.73 Å². The Morgan fingerprint density at radius 3 is 2.35 bits per heavy atom. The van der Waals surface area contributed by atoms with E-state index in [0.717, 1.165) is 16.8 Å². The number of para-hydroxylation sites is 1. The number of nitrogen functional groups attached to an aromatic ring is 1. The molecule has 0 spiro atoms. The lowest BCUT2D eigenvalue weighted by Gasteiger charge is -2.11. The molecule has 3 aromatic rings. The number of hydrogen-bond acceptors (Lipinski definition) is 3. The molecule has 98 valence electrons. The first kappa shape index (κ1) is 12.2. The lowest BCUT2D eigenvalue weighted by atomic mass is 10.0. The van der Waals surface area contributed by atoms with E-state index < -0.39 is 0 Å². The summed E-state index contributed by atoms with van der Waals surface area (Å²) in [7, 11) is 0. The second-order valence-electron chi connectivity index (χ2n) is 4.39. The third-order valence-electron chi connectivity index (χ3n) is 3.07. The van der Waals surface area contributed by atoms with Crippen molar-refractivity contribution in [3.8, 4) is 16.8 Å². The van der Waals surface area contributed by atoms with Crippen LogP contribution in [-0.2, 0) is 0 Å². The summed E-state index contributed by atoms with van der Waals surface area (Å²) in [6, 6.07) is 19.2. The fraction of sp³-hybridized carbons (Fsp3) is 0. The van der Waals surface area contributed by atoms with E-state index >= 15 is 0 Å². The van der Waals surface area contributed by atoms with Crippen LogP contribution in [0.2, 0.25) is 0 Å². The van der Waals surface area contributed by atoms with Gasteiger partial charge in [0.2, 0.25) is 0 Å². The molecule has 20 heavy (non-hydrogen) atoms. The van der Waals surface area contributed by atoms with E-state index in [-0.39, 0.29) is 11.5 Å². The highest BCUT2D eigenvalue weighted by molar-refractivity contribution is 5.72. The van der Waals surface area contributed by atoms with E-state index in [2.05, 4.69) is 4.98 Å². The maximum Gasteiger partial charge on any atom is 0.354 e. The molecular formula is C16H13N3O. The van der Waals surface area contributed by atoms with Gasteiger partial charge in [0.05, 0.1) is 5.69 Å². The Labute approximate surface area is 116 Å².